The van der Waals surface area contributed by atoms with E-state index in [2.05, 4.69) is 24.1 Å². The molecule has 0 spiro atoms. The predicted octanol–water partition coefficient (Wildman–Crippen LogP) is 1.71. The highest BCUT2D eigenvalue weighted by Crippen LogP contribution is 2.37. The summed E-state index contributed by atoms with van der Waals surface area (Å²) in [6, 6.07) is 5.40. The molecule has 9 heteroatoms. The molecule has 0 aromatic heterocycles. The van der Waals surface area contributed by atoms with Crippen molar-refractivity contribution in [3.63, 3.8) is 0 Å². The fourth-order valence-corrected chi connectivity index (χ4v) is 5.18. The molecule has 2 saturated heterocycles. The molecule has 34 heavy (non-hydrogen) atoms. The Morgan fingerprint density at radius 3 is 2.53 bits per heavy atom. The van der Waals surface area contributed by atoms with Gasteiger partial charge in [0.25, 0.3) is 0 Å². The normalized spacial score (nSPS) is 20.9. The smallest absolute Gasteiger partial charge is 0.231 e. The van der Waals surface area contributed by atoms with Crippen molar-refractivity contribution < 1.29 is 23.9 Å². The van der Waals surface area contributed by atoms with Gasteiger partial charge >= 0.3 is 0 Å². The number of piperidine rings is 1. The van der Waals surface area contributed by atoms with Crippen molar-refractivity contribution >= 4 is 23.4 Å². The fraction of sp³-hybridized carbons (Fsp3) is 0.640. The van der Waals surface area contributed by atoms with E-state index in [4.69, 9.17) is 9.47 Å². The highest BCUT2D eigenvalue weighted by Gasteiger charge is 2.39. The van der Waals surface area contributed by atoms with Gasteiger partial charge in [0.1, 0.15) is 0 Å². The Kier molecular flexibility index (Phi) is 7.02. The van der Waals surface area contributed by atoms with Crippen LogP contribution in [0, 0.1) is 17.3 Å². The summed E-state index contributed by atoms with van der Waals surface area (Å²) >= 11 is 0. The lowest BCUT2D eigenvalue weighted by molar-refractivity contribution is -0.139. The topological polar surface area (TPSA) is 91.4 Å². The van der Waals surface area contributed by atoms with E-state index in [1.54, 1.807) is 17.0 Å². The summed E-state index contributed by atoms with van der Waals surface area (Å²) in [6.07, 6.45) is 1.51. The minimum Gasteiger partial charge on any atom is -0.454 e. The van der Waals surface area contributed by atoms with E-state index in [9.17, 15) is 14.4 Å². The molecular weight excluding hydrogens is 436 g/mol. The number of nitrogens with one attached hydrogen (secondary N) is 1. The van der Waals surface area contributed by atoms with Crippen molar-refractivity contribution in [2.24, 2.45) is 17.3 Å². The number of benzene rings is 1. The Morgan fingerprint density at radius 2 is 1.82 bits per heavy atom. The lowest BCUT2D eigenvalue weighted by atomic mass is 9.91. The van der Waals surface area contributed by atoms with E-state index in [-0.39, 0.29) is 48.2 Å². The van der Waals surface area contributed by atoms with Crippen LogP contribution >= 0.6 is 0 Å². The molecule has 0 radical (unpaired) electrons. The van der Waals surface area contributed by atoms with E-state index < -0.39 is 0 Å². The third kappa shape index (κ3) is 5.46. The largest absolute Gasteiger partial charge is 0.454 e. The Morgan fingerprint density at radius 1 is 1.12 bits per heavy atom. The molecule has 3 aliphatic heterocycles. The van der Waals surface area contributed by atoms with Gasteiger partial charge in [-0.05, 0) is 44.5 Å². The number of ether oxygens (including phenoxy) is 2. The van der Waals surface area contributed by atoms with Crippen LogP contribution in [0.5, 0.6) is 11.5 Å². The zero-order chi connectivity index (χ0) is 24.5. The first-order chi connectivity index (χ1) is 16.1. The molecule has 0 saturated carbocycles. The van der Waals surface area contributed by atoms with Crippen LogP contribution in [0.25, 0.3) is 0 Å². The monoisotopic (exact) mass is 472 g/mol. The summed E-state index contributed by atoms with van der Waals surface area (Å²) < 4.78 is 10.8. The van der Waals surface area contributed by atoms with Gasteiger partial charge in [0.05, 0.1) is 5.92 Å². The minimum atomic E-state index is -0.366. The van der Waals surface area contributed by atoms with Crippen molar-refractivity contribution in [1.29, 1.82) is 0 Å². The Labute approximate surface area is 201 Å². The number of likely N-dealkylation sites (tertiary alicyclic amines) is 1. The molecule has 2 fully saturated rings. The van der Waals surface area contributed by atoms with Gasteiger partial charge in [-0.3, -0.25) is 14.4 Å². The molecular formula is C25H36N4O5. The molecule has 0 bridgehead atoms. The molecule has 0 aliphatic carbocycles. The van der Waals surface area contributed by atoms with E-state index in [0.717, 1.165) is 12.2 Å². The lowest BCUT2D eigenvalue weighted by Crippen LogP contribution is -2.47. The van der Waals surface area contributed by atoms with Gasteiger partial charge in [-0.15, -0.1) is 0 Å². The maximum Gasteiger partial charge on any atom is 0.231 e. The van der Waals surface area contributed by atoms with Gasteiger partial charge in [-0.1, -0.05) is 13.8 Å². The first-order valence-corrected chi connectivity index (χ1v) is 12.0. The molecule has 9 nitrogen and oxygen atoms in total. The van der Waals surface area contributed by atoms with Crippen molar-refractivity contribution in [2.45, 2.75) is 33.1 Å². The van der Waals surface area contributed by atoms with Crippen molar-refractivity contribution in [3.8, 4) is 11.5 Å². The first-order valence-electron chi connectivity index (χ1n) is 12.0. The zero-order valence-electron chi connectivity index (χ0n) is 20.6. The number of carbonyl (C=O) groups is 3. The van der Waals surface area contributed by atoms with Gasteiger partial charge in [-0.25, -0.2) is 0 Å². The van der Waals surface area contributed by atoms with Crippen LogP contribution < -0.4 is 19.7 Å². The molecule has 3 aliphatic rings. The number of fused-ring (bicyclic) bond motifs is 1. The first kappa shape index (κ1) is 24.3. The molecule has 3 amide bonds. The second-order valence-corrected chi connectivity index (χ2v) is 10.7. The van der Waals surface area contributed by atoms with E-state index >= 15 is 0 Å². The van der Waals surface area contributed by atoms with Crippen LogP contribution in [0.15, 0.2) is 18.2 Å². The fourth-order valence-electron chi connectivity index (χ4n) is 5.18. The summed E-state index contributed by atoms with van der Waals surface area (Å²) in [5.41, 5.74) is 0.714. The average Bonchev–Trinajstić information content (AvgIpc) is 3.42. The maximum absolute atomic E-state index is 13.1. The molecule has 1 aromatic carbocycles. The molecule has 4 rings (SSSR count). The second kappa shape index (κ2) is 9.82. The summed E-state index contributed by atoms with van der Waals surface area (Å²) in [6.45, 7) is 7.44. The number of hydrogen-bond donors (Lipinski definition) is 1. The van der Waals surface area contributed by atoms with Gasteiger partial charge < -0.3 is 29.5 Å². The van der Waals surface area contributed by atoms with Crippen LogP contribution in [-0.2, 0) is 14.4 Å². The Balaban J connectivity index is 1.26. The Bertz CT molecular complexity index is 939. The van der Waals surface area contributed by atoms with Gasteiger partial charge in [-0.2, -0.15) is 0 Å². The van der Waals surface area contributed by atoms with Crippen LogP contribution in [0.3, 0.4) is 0 Å². The number of anilines is 1. The van der Waals surface area contributed by atoms with Crippen LogP contribution in [0.4, 0.5) is 5.69 Å². The van der Waals surface area contributed by atoms with Crippen LogP contribution in [-0.4, -0.2) is 81.1 Å². The molecule has 1 N–H and O–H groups in total. The van der Waals surface area contributed by atoms with Gasteiger partial charge in [0.15, 0.2) is 11.5 Å². The highest BCUT2D eigenvalue weighted by molar-refractivity contribution is 6.00. The van der Waals surface area contributed by atoms with Crippen LogP contribution in [0.1, 0.15) is 33.1 Å². The zero-order valence-corrected chi connectivity index (χ0v) is 20.6. The number of rotatable bonds is 7. The van der Waals surface area contributed by atoms with E-state index in [0.29, 0.717) is 50.5 Å². The van der Waals surface area contributed by atoms with Crippen molar-refractivity contribution in [1.82, 2.24) is 15.1 Å². The highest BCUT2D eigenvalue weighted by atomic mass is 16.7. The predicted molar refractivity (Wildman–Crippen MR) is 128 cm³/mol. The van der Waals surface area contributed by atoms with Crippen molar-refractivity contribution in [2.75, 3.05) is 58.5 Å². The lowest BCUT2D eigenvalue weighted by Gasteiger charge is -2.34. The molecule has 1 atom stereocenters. The summed E-state index contributed by atoms with van der Waals surface area (Å²) in [5.74, 6) is 0.852. The van der Waals surface area contributed by atoms with Gasteiger partial charge in [0.2, 0.25) is 24.5 Å². The molecule has 1 aromatic rings. The Hall–Kier alpha value is -2.81. The quantitative estimate of drug-likeness (QED) is 0.650. The standard InChI is InChI=1S/C25H36N4O5/c1-25(2,15-27(3)4)14-26-23(31)17-7-9-28(10-8-17)24(32)18-11-22(30)29(13-18)19-5-6-20-21(12-19)34-16-33-20/h5-6,12,17-18H,7-11,13-16H2,1-4H3,(H,26,31). The SMILES string of the molecule is CN(C)CC(C)(C)CNC(=O)C1CCN(C(=O)C2CC(=O)N(c3ccc4c(c3)OCO4)C2)CC1. The summed E-state index contributed by atoms with van der Waals surface area (Å²) in [4.78, 5) is 44.1. The second-order valence-electron chi connectivity index (χ2n) is 10.7. The van der Waals surface area contributed by atoms with Crippen LogP contribution in [0.2, 0.25) is 0 Å². The maximum atomic E-state index is 13.1. The minimum absolute atomic E-state index is 0.00238. The number of amides is 3. The average molecular weight is 473 g/mol. The van der Waals surface area contributed by atoms with Gasteiger partial charge in [0, 0.05) is 56.8 Å². The number of hydrogen-bond acceptors (Lipinski definition) is 6. The number of nitrogens with zero attached hydrogens (tertiary/aromatic N) is 3. The number of carbonyl (C=O) groups excluding carboxylic acids is 3. The van der Waals surface area contributed by atoms with E-state index in [1.807, 2.05) is 25.1 Å². The molecule has 186 valence electrons. The van der Waals surface area contributed by atoms with Crippen molar-refractivity contribution in [3.05, 3.63) is 18.2 Å². The summed E-state index contributed by atoms with van der Waals surface area (Å²) in [7, 11) is 4.06. The summed E-state index contributed by atoms with van der Waals surface area (Å²) in [5, 5.41) is 3.11. The third-order valence-corrected chi connectivity index (χ3v) is 6.80. The molecule has 1 unspecified atom stereocenters. The third-order valence-electron chi connectivity index (χ3n) is 6.80. The van der Waals surface area contributed by atoms with E-state index in [1.165, 1.54) is 0 Å². The molecule has 3 heterocycles.